The van der Waals surface area contributed by atoms with Crippen molar-refractivity contribution in [3.63, 3.8) is 0 Å². The Morgan fingerprint density at radius 1 is 1.21 bits per heavy atom. The number of ether oxygens (including phenoxy) is 1. The number of aromatic nitrogens is 2. The molecule has 182 valence electrons. The molecule has 1 N–H and O–H groups in total. The molecule has 2 aromatic rings. The van der Waals surface area contributed by atoms with E-state index in [9.17, 15) is 18.8 Å². The summed E-state index contributed by atoms with van der Waals surface area (Å²) in [5.74, 6) is -1.76. The molecule has 1 saturated carbocycles. The molecule has 0 bridgehead atoms. The van der Waals surface area contributed by atoms with E-state index in [1.54, 1.807) is 26.0 Å². The lowest BCUT2D eigenvalue weighted by molar-refractivity contribution is -0.134. The van der Waals surface area contributed by atoms with Crippen LogP contribution >= 0.6 is 0 Å². The highest BCUT2D eigenvalue weighted by Crippen LogP contribution is 2.30. The zero-order chi connectivity index (χ0) is 24.3. The molecule has 1 aromatic heterocycles. The molecule has 0 spiro atoms. The quantitative estimate of drug-likeness (QED) is 0.516. The molecule has 4 rings (SSSR count). The summed E-state index contributed by atoms with van der Waals surface area (Å²) in [5.41, 5.74) is -0.496. The first-order valence-electron chi connectivity index (χ1n) is 11.9. The van der Waals surface area contributed by atoms with Crippen LogP contribution in [0.3, 0.4) is 0 Å². The van der Waals surface area contributed by atoms with E-state index in [1.165, 1.54) is 27.8 Å². The maximum Gasteiger partial charge on any atom is 0.358 e. The van der Waals surface area contributed by atoms with Gasteiger partial charge in [0.2, 0.25) is 5.91 Å². The molecule has 34 heavy (non-hydrogen) atoms. The summed E-state index contributed by atoms with van der Waals surface area (Å²) in [6, 6.07) is 7.42. The van der Waals surface area contributed by atoms with Crippen LogP contribution in [-0.4, -0.2) is 50.7 Å². The number of carbonyl (C=O) groups excluding carboxylic acids is 3. The van der Waals surface area contributed by atoms with Gasteiger partial charge in [0.05, 0.1) is 13.2 Å². The number of hydrogen-bond donors (Lipinski definition) is 1. The molecule has 2 aliphatic rings. The number of rotatable bonds is 6. The van der Waals surface area contributed by atoms with Crippen molar-refractivity contribution in [2.24, 2.45) is 0 Å². The third-order valence-electron chi connectivity index (χ3n) is 6.69. The predicted molar refractivity (Wildman–Crippen MR) is 122 cm³/mol. The first-order chi connectivity index (χ1) is 16.3. The summed E-state index contributed by atoms with van der Waals surface area (Å²) in [7, 11) is 0. The standard InChI is InChI=1S/C25H31FN4O4/c1-3-34-23(32)20-14-21-22(31)29(15-17-9-8-10-18(26)13-17)25(2,16-30(21)28-20)24(33)27-19-11-6-4-5-7-12-19/h8-10,13-14,19H,3-7,11-12,15-16H2,1-2H3,(H,27,33)/t25-/m0/s1. The lowest BCUT2D eigenvalue weighted by Crippen LogP contribution is -2.64. The van der Waals surface area contributed by atoms with Crippen LogP contribution in [0.5, 0.6) is 0 Å². The zero-order valence-electron chi connectivity index (χ0n) is 19.7. The van der Waals surface area contributed by atoms with E-state index >= 15 is 0 Å². The smallest absolute Gasteiger partial charge is 0.358 e. The third-order valence-corrected chi connectivity index (χ3v) is 6.69. The number of benzene rings is 1. The van der Waals surface area contributed by atoms with Crippen LogP contribution in [0.2, 0.25) is 0 Å². The van der Waals surface area contributed by atoms with E-state index in [0.717, 1.165) is 38.5 Å². The van der Waals surface area contributed by atoms with Crippen molar-refractivity contribution in [2.75, 3.05) is 6.61 Å². The summed E-state index contributed by atoms with van der Waals surface area (Å²) in [5, 5.41) is 7.43. The van der Waals surface area contributed by atoms with Gasteiger partial charge in [-0.05, 0) is 44.4 Å². The Bertz CT molecular complexity index is 1080. The van der Waals surface area contributed by atoms with Gasteiger partial charge in [0.15, 0.2) is 5.69 Å². The van der Waals surface area contributed by atoms with Crippen LogP contribution in [0, 0.1) is 5.82 Å². The third kappa shape index (κ3) is 4.83. The number of halogens is 1. The van der Waals surface area contributed by atoms with Crippen molar-refractivity contribution in [1.29, 1.82) is 0 Å². The summed E-state index contributed by atoms with van der Waals surface area (Å²) in [6.07, 6.45) is 6.22. The molecule has 0 unspecified atom stereocenters. The fourth-order valence-corrected chi connectivity index (χ4v) is 4.78. The van der Waals surface area contributed by atoms with Crippen LogP contribution in [0.25, 0.3) is 0 Å². The van der Waals surface area contributed by atoms with Crippen molar-refractivity contribution in [3.05, 3.63) is 53.1 Å². The number of amides is 2. The lowest BCUT2D eigenvalue weighted by atomic mass is 9.93. The highest BCUT2D eigenvalue weighted by Gasteiger charge is 2.48. The molecule has 9 heteroatoms. The number of carbonyl (C=O) groups is 3. The monoisotopic (exact) mass is 470 g/mol. The molecule has 0 saturated heterocycles. The predicted octanol–water partition coefficient (Wildman–Crippen LogP) is 3.45. The van der Waals surface area contributed by atoms with Gasteiger partial charge in [0.1, 0.15) is 17.1 Å². The summed E-state index contributed by atoms with van der Waals surface area (Å²) in [4.78, 5) is 40.9. The minimum absolute atomic E-state index is 0.0179. The average Bonchev–Trinajstić information content (AvgIpc) is 3.05. The molecule has 1 aliphatic heterocycles. The van der Waals surface area contributed by atoms with E-state index in [4.69, 9.17) is 4.74 Å². The second-order valence-electron chi connectivity index (χ2n) is 9.25. The maximum absolute atomic E-state index is 13.9. The normalized spacial score (nSPS) is 21.0. The molecule has 1 fully saturated rings. The minimum atomic E-state index is -1.28. The Morgan fingerprint density at radius 3 is 2.62 bits per heavy atom. The van der Waals surface area contributed by atoms with Gasteiger partial charge in [0, 0.05) is 18.7 Å². The Kier molecular flexibility index (Phi) is 7.00. The van der Waals surface area contributed by atoms with Gasteiger partial charge in [-0.2, -0.15) is 5.10 Å². The van der Waals surface area contributed by atoms with Crippen LogP contribution in [0.15, 0.2) is 30.3 Å². The Morgan fingerprint density at radius 2 is 1.94 bits per heavy atom. The van der Waals surface area contributed by atoms with Gasteiger partial charge in [-0.15, -0.1) is 0 Å². The Hall–Kier alpha value is -3.23. The topological polar surface area (TPSA) is 93.5 Å². The van der Waals surface area contributed by atoms with E-state index in [2.05, 4.69) is 10.4 Å². The Labute approximate surface area is 198 Å². The van der Waals surface area contributed by atoms with Gasteiger partial charge in [-0.1, -0.05) is 37.8 Å². The van der Waals surface area contributed by atoms with E-state index in [1.807, 2.05) is 0 Å². The van der Waals surface area contributed by atoms with Crippen LogP contribution in [-0.2, 0) is 22.6 Å². The zero-order valence-corrected chi connectivity index (χ0v) is 19.7. The molecule has 8 nitrogen and oxygen atoms in total. The number of hydrogen-bond acceptors (Lipinski definition) is 5. The molecule has 1 atom stereocenters. The first kappa shape index (κ1) is 23.9. The Balaban J connectivity index is 1.68. The number of esters is 1. The highest BCUT2D eigenvalue weighted by molar-refractivity contribution is 6.01. The SMILES string of the molecule is CCOC(=O)c1cc2n(n1)C[C@@](C)(C(=O)NC1CCCCCC1)N(Cc1cccc(F)c1)C2=O. The first-order valence-corrected chi connectivity index (χ1v) is 11.9. The molecule has 0 radical (unpaired) electrons. The molecular weight excluding hydrogens is 439 g/mol. The molecule has 1 aliphatic carbocycles. The lowest BCUT2D eigenvalue weighted by Gasteiger charge is -2.43. The van der Waals surface area contributed by atoms with Gasteiger partial charge >= 0.3 is 5.97 Å². The summed E-state index contributed by atoms with van der Waals surface area (Å²) < 4.78 is 20.3. The van der Waals surface area contributed by atoms with Crippen molar-refractivity contribution in [2.45, 2.75) is 77.0 Å². The van der Waals surface area contributed by atoms with Crippen LogP contribution in [0.1, 0.15) is 78.9 Å². The molecular formula is C25H31FN4O4. The average molecular weight is 471 g/mol. The second-order valence-corrected chi connectivity index (χ2v) is 9.25. The number of nitrogens with one attached hydrogen (secondary N) is 1. The van der Waals surface area contributed by atoms with Crippen molar-refractivity contribution < 1.29 is 23.5 Å². The minimum Gasteiger partial charge on any atom is -0.461 e. The van der Waals surface area contributed by atoms with E-state index in [0.29, 0.717) is 5.56 Å². The second kappa shape index (κ2) is 9.95. The van der Waals surface area contributed by atoms with Crippen molar-refractivity contribution in [3.8, 4) is 0 Å². The van der Waals surface area contributed by atoms with Gasteiger partial charge in [-0.3, -0.25) is 14.3 Å². The molecule has 2 amide bonds. The fourth-order valence-electron chi connectivity index (χ4n) is 4.78. The maximum atomic E-state index is 13.9. The van der Waals surface area contributed by atoms with Crippen LogP contribution < -0.4 is 5.32 Å². The van der Waals surface area contributed by atoms with Crippen LogP contribution in [0.4, 0.5) is 4.39 Å². The fraction of sp³-hybridized carbons (Fsp3) is 0.520. The van der Waals surface area contributed by atoms with Gasteiger partial charge in [-0.25, -0.2) is 9.18 Å². The van der Waals surface area contributed by atoms with Crippen molar-refractivity contribution in [1.82, 2.24) is 20.0 Å². The molecule has 1 aromatic carbocycles. The summed E-state index contributed by atoms with van der Waals surface area (Å²) >= 11 is 0. The largest absolute Gasteiger partial charge is 0.461 e. The number of fused-ring (bicyclic) bond motifs is 1. The highest BCUT2D eigenvalue weighted by atomic mass is 19.1. The molecule has 2 heterocycles. The van der Waals surface area contributed by atoms with Crippen molar-refractivity contribution >= 4 is 17.8 Å². The van der Waals surface area contributed by atoms with Gasteiger partial charge in [0.25, 0.3) is 5.91 Å². The van der Waals surface area contributed by atoms with E-state index in [-0.39, 0.29) is 43.0 Å². The number of nitrogens with zero attached hydrogens (tertiary/aromatic N) is 3. The van der Waals surface area contributed by atoms with E-state index < -0.39 is 23.2 Å². The summed E-state index contributed by atoms with van der Waals surface area (Å²) in [6.45, 7) is 3.69. The van der Waals surface area contributed by atoms with Gasteiger partial charge < -0.3 is 15.0 Å².